The number of aliphatic hydroxyl groups excluding tert-OH is 1. The maximum absolute atomic E-state index is 12.0. The molecule has 0 aliphatic carbocycles. The van der Waals surface area contributed by atoms with E-state index in [0.29, 0.717) is 12.5 Å². The van der Waals surface area contributed by atoms with Crippen molar-refractivity contribution in [3.05, 3.63) is 0 Å². The minimum absolute atomic E-state index is 0.0165. The second-order valence-corrected chi connectivity index (χ2v) is 4.46. The maximum atomic E-state index is 12.0. The van der Waals surface area contributed by atoms with E-state index in [1.54, 1.807) is 0 Å². The van der Waals surface area contributed by atoms with Crippen molar-refractivity contribution in [2.24, 2.45) is 11.3 Å². The van der Waals surface area contributed by atoms with Crippen LogP contribution in [-0.4, -0.2) is 23.9 Å². The summed E-state index contributed by atoms with van der Waals surface area (Å²) in [6.07, 6.45) is 2.04. The molecule has 0 spiro atoms. The molecule has 1 aliphatic heterocycles. The summed E-state index contributed by atoms with van der Waals surface area (Å²) in [6, 6.07) is 0. The van der Waals surface area contributed by atoms with Crippen LogP contribution in [0, 0.1) is 11.3 Å². The highest BCUT2D eigenvalue weighted by molar-refractivity contribution is 5.84. The van der Waals surface area contributed by atoms with Gasteiger partial charge in [0.25, 0.3) is 0 Å². The molecule has 0 bridgehead atoms. The zero-order valence-corrected chi connectivity index (χ0v) is 9.84. The Labute approximate surface area is 91.4 Å². The Bertz CT molecular complexity index is 233. The molecule has 0 aromatic heterocycles. The van der Waals surface area contributed by atoms with Crippen LogP contribution in [0.1, 0.15) is 40.0 Å². The molecule has 1 heterocycles. The quantitative estimate of drug-likeness (QED) is 0.649. The van der Waals surface area contributed by atoms with Gasteiger partial charge in [0.2, 0.25) is 5.91 Å². The standard InChI is InChI=1S/C11H22N2O2/c1-4-6-8(3)11(5-2)7-12-10(15)13-9(11)14/h8,10,12,15H,4-7H2,1-3H3,(H,13,14). The molecule has 3 unspecified atom stereocenters. The third kappa shape index (κ3) is 2.32. The van der Waals surface area contributed by atoms with Gasteiger partial charge in [-0.3, -0.25) is 10.1 Å². The molecule has 15 heavy (non-hydrogen) atoms. The summed E-state index contributed by atoms with van der Waals surface area (Å²) >= 11 is 0. The first-order valence-electron chi connectivity index (χ1n) is 5.79. The molecule has 88 valence electrons. The first kappa shape index (κ1) is 12.5. The molecule has 1 aliphatic rings. The van der Waals surface area contributed by atoms with Crippen LogP contribution in [-0.2, 0) is 4.79 Å². The Balaban J connectivity index is 2.79. The lowest BCUT2D eigenvalue weighted by atomic mass is 9.70. The second kappa shape index (κ2) is 4.94. The number of carbonyl (C=O) groups excluding carboxylic acids is 1. The summed E-state index contributed by atoms with van der Waals surface area (Å²) < 4.78 is 0. The van der Waals surface area contributed by atoms with Crippen molar-refractivity contribution in [1.29, 1.82) is 0 Å². The van der Waals surface area contributed by atoms with Crippen molar-refractivity contribution >= 4 is 5.91 Å². The lowest BCUT2D eigenvalue weighted by Crippen LogP contribution is -2.63. The summed E-state index contributed by atoms with van der Waals surface area (Å²) in [4.78, 5) is 12.0. The van der Waals surface area contributed by atoms with Crippen LogP contribution in [0.4, 0.5) is 0 Å². The van der Waals surface area contributed by atoms with Crippen LogP contribution in [0.5, 0.6) is 0 Å². The topological polar surface area (TPSA) is 61.4 Å². The molecule has 0 aromatic carbocycles. The zero-order valence-electron chi connectivity index (χ0n) is 9.84. The predicted molar refractivity (Wildman–Crippen MR) is 58.9 cm³/mol. The number of hydrogen-bond donors (Lipinski definition) is 3. The monoisotopic (exact) mass is 214 g/mol. The number of aliphatic hydroxyl groups is 1. The van der Waals surface area contributed by atoms with Crippen LogP contribution >= 0.6 is 0 Å². The lowest BCUT2D eigenvalue weighted by Gasteiger charge is -2.42. The molecule has 3 atom stereocenters. The molecule has 4 nitrogen and oxygen atoms in total. The van der Waals surface area contributed by atoms with Crippen LogP contribution in [0.25, 0.3) is 0 Å². The van der Waals surface area contributed by atoms with E-state index in [9.17, 15) is 9.90 Å². The Morgan fingerprint density at radius 1 is 1.60 bits per heavy atom. The molecule has 1 amide bonds. The molecule has 0 radical (unpaired) electrons. The van der Waals surface area contributed by atoms with Gasteiger partial charge in [-0.1, -0.05) is 27.2 Å². The van der Waals surface area contributed by atoms with Crippen LogP contribution < -0.4 is 10.6 Å². The molecule has 0 aromatic rings. The lowest BCUT2D eigenvalue weighted by molar-refractivity contribution is -0.144. The molecule has 0 saturated carbocycles. The van der Waals surface area contributed by atoms with Gasteiger partial charge < -0.3 is 10.4 Å². The molecule has 4 heteroatoms. The summed E-state index contributed by atoms with van der Waals surface area (Å²) in [7, 11) is 0. The zero-order chi connectivity index (χ0) is 11.5. The molecule has 1 saturated heterocycles. The second-order valence-electron chi connectivity index (χ2n) is 4.46. The van der Waals surface area contributed by atoms with E-state index >= 15 is 0 Å². The number of rotatable bonds is 4. The number of hydrogen-bond acceptors (Lipinski definition) is 3. The average molecular weight is 214 g/mol. The molecule has 3 N–H and O–H groups in total. The summed E-state index contributed by atoms with van der Waals surface area (Å²) in [5.74, 6) is 0.324. The smallest absolute Gasteiger partial charge is 0.230 e. The van der Waals surface area contributed by atoms with Gasteiger partial charge in [0, 0.05) is 6.54 Å². The van der Waals surface area contributed by atoms with Crippen molar-refractivity contribution < 1.29 is 9.90 Å². The Morgan fingerprint density at radius 3 is 2.73 bits per heavy atom. The largest absolute Gasteiger partial charge is 0.361 e. The van der Waals surface area contributed by atoms with Crippen LogP contribution in [0.15, 0.2) is 0 Å². The van der Waals surface area contributed by atoms with Gasteiger partial charge in [0.15, 0.2) is 6.35 Å². The van der Waals surface area contributed by atoms with Crippen molar-refractivity contribution in [2.75, 3.05) is 6.54 Å². The van der Waals surface area contributed by atoms with E-state index in [-0.39, 0.29) is 11.3 Å². The van der Waals surface area contributed by atoms with Gasteiger partial charge >= 0.3 is 0 Å². The van der Waals surface area contributed by atoms with Gasteiger partial charge in [0.1, 0.15) is 0 Å². The number of amides is 1. The fourth-order valence-electron chi connectivity index (χ4n) is 2.42. The van der Waals surface area contributed by atoms with E-state index < -0.39 is 6.35 Å². The molecule has 1 fully saturated rings. The van der Waals surface area contributed by atoms with Crippen molar-refractivity contribution in [2.45, 2.75) is 46.4 Å². The highest BCUT2D eigenvalue weighted by atomic mass is 16.3. The minimum Gasteiger partial charge on any atom is -0.361 e. The Hall–Kier alpha value is -0.610. The highest BCUT2D eigenvalue weighted by Crippen LogP contribution is 2.35. The van der Waals surface area contributed by atoms with Crippen molar-refractivity contribution in [3.8, 4) is 0 Å². The first-order valence-corrected chi connectivity index (χ1v) is 5.79. The summed E-state index contributed by atoms with van der Waals surface area (Å²) in [5.41, 5.74) is -0.352. The van der Waals surface area contributed by atoms with Gasteiger partial charge in [-0.25, -0.2) is 0 Å². The fourth-order valence-corrected chi connectivity index (χ4v) is 2.42. The van der Waals surface area contributed by atoms with E-state index in [0.717, 1.165) is 19.3 Å². The Kier molecular flexibility index (Phi) is 4.11. The highest BCUT2D eigenvalue weighted by Gasteiger charge is 2.44. The SMILES string of the molecule is CCCC(C)C1(CC)CNC(O)NC1=O. The summed E-state index contributed by atoms with van der Waals surface area (Å²) in [5, 5.41) is 14.8. The summed E-state index contributed by atoms with van der Waals surface area (Å²) in [6.45, 7) is 6.84. The average Bonchev–Trinajstić information content (AvgIpc) is 2.19. The van der Waals surface area contributed by atoms with E-state index in [4.69, 9.17) is 0 Å². The molecular formula is C11H22N2O2. The third-order valence-electron chi connectivity index (χ3n) is 3.63. The van der Waals surface area contributed by atoms with Crippen molar-refractivity contribution in [1.82, 2.24) is 10.6 Å². The minimum atomic E-state index is -0.883. The van der Waals surface area contributed by atoms with Gasteiger partial charge in [-0.2, -0.15) is 0 Å². The first-order chi connectivity index (χ1) is 7.06. The van der Waals surface area contributed by atoms with Crippen LogP contribution in [0.3, 0.4) is 0 Å². The maximum Gasteiger partial charge on any atom is 0.230 e. The molecular weight excluding hydrogens is 192 g/mol. The van der Waals surface area contributed by atoms with Crippen LogP contribution in [0.2, 0.25) is 0 Å². The van der Waals surface area contributed by atoms with Gasteiger partial charge in [-0.15, -0.1) is 0 Å². The number of carbonyl (C=O) groups is 1. The number of nitrogens with one attached hydrogen (secondary N) is 2. The van der Waals surface area contributed by atoms with E-state index in [1.807, 2.05) is 6.92 Å². The van der Waals surface area contributed by atoms with E-state index in [1.165, 1.54) is 0 Å². The Morgan fingerprint density at radius 2 is 2.27 bits per heavy atom. The third-order valence-corrected chi connectivity index (χ3v) is 3.63. The predicted octanol–water partition coefficient (Wildman–Crippen LogP) is 0.814. The van der Waals surface area contributed by atoms with Gasteiger partial charge in [-0.05, 0) is 18.8 Å². The normalized spacial score (nSPS) is 33.6. The van der Waals surface area contributed by atoms with Crippen molar-refractivity contribution in [3.63, 3.8) is 0 Å². The fraction of sp³-hybridized carbons (Fsp3) is 0.909. The van der Waals surface area contributed by atoms with E-state index in [2.05, 4.69) is 24.5 Å². The molecule has 1 rings (SSSR count). The van der Waals surface area contributed by atoms with Gasteiger partial charge in [0.05, 0.1) is 5.41 Å².